The lowest BCUT2D eigenvalue weighted by Gasteiger charge is -2.06. The zero-order valence-electron chi connectivity index (χ0n) is 7.95. The normalized spacial score (nSPS) is 54.9. The Morgan fingerprint density at radius 2 is 2.18 bits per heavy atom. The smallest absolute Gasteiger partial charge is 0.166 e. The third kappa shape index (κ3) is 0.948. The highest BCUT2D eigenvalue weighted by Gasteiger charge is 2.35. The van der Waals surface area contributed by atoms with Crippen molar-refractivity contribution in [2.75, 3.05) is 0 Å². The van der Waals surface area contributed by atoms with Crippen LogP contribution in [0.1, 0.15) is 15.6 Å². The molecule has 11 heavy (non-hydrogen) atoms. The van der Waals surface area contributed by atoms with Gasteiger partial charge in [-0.15, -0.1) is 0 Å². The van der Waals surface area contributed by atoms with Crippen LogP contribution in [0.15, 0.2) is 24.3 Å². The van der Waals surface area contributed by atoms with E-state index in [9.17, 15) is 8.42 Å². The number of hydrogen-bond acceptors (Lipinski definition) is 2. The van der Waals surface area contributed by atoms with Gasteiger partial charge in [-0.25, -0.2) is 8.42 Å². The molecule has 0 aromatic heterocycles. The summed E-state index contributed by atoms with van der Waals surface area (Å²) in [4.78, 5) is 0. The predicted octanol–water partition coefficient (Wildman–Crippen LogP) is 1.06. The van der Waals surface area contributed by atoms with Gasteiger partial charge in [0.25, 0.3) is 0 Å². The lowest BCUT2D eigenvalue weighted by atomic mass is 10.1. The fourth-order valence-electron chi connectivity index (χ4n) is 1.29. The van der Waals surface area contributed by atoms with Crippen molar-refractivity contribution < 1.29 is 11.2 Å². The summed E-state index contributed by atoms with van der Waals surface area (Å²) >= 11 is 0. The minimum atomic E-state index is -3.73. The van der Waals surface area contributed by atoms with Crippen LogP contribution < -0.4 is 0 Å². The second-order valence-electron chi connectivity index (χ2n) is 2.65. The van der Waals surface area contributed by atoms with Crippen molar-refractivity contribution in [2.24, 2.45) is 0 Å². The maximum atomic E-state index is 11.7. The van der Waals surface area contributed by atoms with Crippen molar-refractivity contribution >= 4 is 9.84 Å². The molecule has 2 aliphatic rings. The van der Waals surface area contributed by atoms with E-state index in [1.54, 1.807) is 6.08 Å². The van der Waals surface area contributed by atoms with Crippen LogP contribution in [0.25, 0.3) is 0 Å². The highest BCUT2D eigenvalue weighted by molar-refractivity contribution is 7.93. The van der Waals surface area contributed by atoms with Crippen molar-refractivity contribution in [3.63, 3.8) is 0 Å². The van der Waals surface area contributed by atoms with E-state index in [4.69, 9.17) is 2.74 Å². The van der Waals surface area contributed by atoms with E-state index in [-0.39, 0.29) is 6.42 Å². The molecule has 2 atom stereocenters. The van der Waals surface area contributed by atoms with Gasteiger partial charge in [0.15, 0.2) is 9.84 Å². The third-order valence-electron chi connectivity index (χ3n) is 1.93. The number of fused-ring (bicyclic) bond motifs is 2. The van der Waals surface area contributed by atoms with Crippen LogP contribution in [-0.2, 0) is 9.84 Å². The summed E-state index contributed by atoms with van der Waals surface area (Å²) in [5.74, 6) is 0. The quantitative estimate of drug-likeness (QED) is 0.512. The molecule has 2 nitrogen and oxygen atoms in total. The molecule has 2 unspecified atom stereocenters. The first-order chi connectivity index (χ1) is 5.91. The maximum absolute atomic E-state index is 11.7. The third-order valence-corrected chi connectivity index (χ3v) is 3.85. The van der Waals surface area contributed by atoms with E-state index < -0.39 is 20.3 Å². The van der Waals surface area contributed by atoms with E-state index in [0.29, 0.717) is 6.42 Å². The maximum Gasteiger partial charge on any atom is 0.166 e. The molecule has 2 rings (SSSR count). The first kappa shape index (κ1) is 5.14. The Morgan fingerprint density at radius 1 is 1.36 bits per heavy atom. The van der Waals surface area contributed by atoms with Gasteiger partial charge in [-0.2, -0.15) is 0 Å². The fourth-order valence-corrected chi connectivity index (χ4v) is 2.75. The summed E-state index contributed by atoms with van der Waals surface area (Å²) in [6.45, 7) is 0. The number of rotatable bonds is 0. The highest BCUT2D eigenvalue weighted by Crippen LogP contribution is 2.27. The van der Waals surface area contributed by atoms with Gasteiger partial charge in [0, 0.05) is 0 Å². The summed E-state index contributed by atoms with van der Waals surface area (Å²) in [5, 5.41) is -3.26. The highest BCUT2D eigenvalue weighted by atomic mass is 32.2. The Kier molecular flexibility index (Phi) is 1.03. The van der Waals surface area contributed by atoms with E-state index in [1.165, 1.54) is 18.2 Å². The number of hydrogen-bond donors (Lipinski definition) is 0. The van der Waals surface area contributed by atoms with Crippen LogP contribution in [0.2, 0.25) is 0 Å². The van der Waals surface area contributed by atoms with Crippen LogP contribution >= 0.6 is 0 Å². The molecule has 0 N–H and O–H groups in total. The molecule has 60 valence electrons. The van der Waals surface area contributed by atoms with Gasteiger partial charge in [0.2, 0.25) is 0 Å². The molecular formula is C8H10O2S. The van der Waals surface area contributed by atoms with Gasteiger partial charge >= 0.3 is 0 Å². The van der Waals surface area contributed by atoms with Crippen molar-refractivity contribution in [3.05, 3.63) is 24.3 Å². The first-order valence-electron chi connectivity index (χ1n) is 4.54. The molecule has 2 bridgehead atoms. The average molecular weight is 172 g/mol. The fraction of sp³-hybridized carbons (Fsp3) is 0.500. The van der Waals surface area contributed by atoms with Crippen molar-refractivity contribution in [1.29, 1.82) is 0 Å². The zero-order chi connectivity index (χ0) is 9.74. The van der Waals surface area contributed by atoms with E-state index in [1.807, 2.05) is 0 Å². The molecule has 0 fully saturated rings. The molecule has 2 aliphatic heterocycles. The minimum absolute atomic E-state index is 0.253. The molecule has 2 heterocycles. The van der Waals surface area contributed by atoms with Gasteiger partial charge in [-0.1, -0.05) is 24.3 Å². The number of sulfone groups is 1. The van der Waals surface area contributed by atoms with Crippen LogP contribution in [0.5, 0.6) is 0 Å². The van der Waals surface area contributed by atoms with Crippen LogP contribution in [0.4, 0.5) is 0 Å². The average Bonchev–Trinajstić information content (AvgIpc) is 2.15. The second kappa shape index (κ2) is 2.21. The van der Waals surface area contributed by atoms with E-state index in [0.717, 1.165) is 0 Å². The Labute approximate surface area is 69.3 Å². The molecule has 0 aromatic carbocycles. The monoisotopic (exact) mass is 172 g/mol. The SMILES string of the molecule is [2H]C12C=CCCC([2H])(C=C1)S2(=O)=O. The molecule has 0 aromatic rings. The summed E-state index contributed by atoms with van der Waals surface area (Å²) in [6, 6.07) is 0. The van der Waals surface area contributed by atoms with Gasteiger partial charge in [-0.3, -0.25) is 0 Å². The molecule has 0 amide bonds. The van der Waals surface area contributed by atoms with Gasteiger partial charge in [0.1, 0.15) is 0 Å². The molecular weight excluding hydrogens is 160 g/mol. The molecule has 0 saturated heterocycles. The van der Waals surface area contributed by atoms with Crippen molar-refractivity contribution in [2.45, 2.75) is 23.3 Å². The summed E-state index contributed by atoms with van der Waals surface area (Å²) < 4.78 is 38.9. The minimum Gasteiger partial charge on any atom is -0.227 e. The topological polar surface area (TPSA) is 34.1 Å². The lowest BCUT2D eigenvalue weighted by molar-refractivity contribution is 0.588. The van der Waals surface area contributed by atoms with Gasteiger partial charge < -0.3 is 0 Å². The van der Waals surface area contributed by atoms with Crippen LogP contribution in [0.3, 0.4) is 0 Å². The van der Waals surface area contributed by atoms with Gasteiger partial charge in [0.05, 0.1) is 13.2 Å². The standard InChI is InChI=1S/C8H10O2S/c9-11(10)7-3-1-2-4-8(11)6-5-7/h1,3,5-8H,2,4H2/i7D,8D. The largest absolute Gasteiger partial charge is 0.227 e. The Hall–Kier alpha value is -0.570. The molecule has 0 radical (unpaired) electrons. The van der Waals surface area contributed by atoms with E-state index >= 15 is 0 Å². The zero-order valence-corrected chi connectivity index (χ0v) is 6.76. The predicted molar refractivity (Wildman–Crippen MR) is 44.0 cm³/mol. The molecule has 0 spiro atoms. The Balaban J connectivity index is 2.69. The first-order valence-corrected chi connectivity index (χ1v) is 5.02. The second-order valence-corrected chi connectivity index (χ2v) is 4.65. The van der Waals surface area contributed by atoms with Gasteiger partial charge in [-0.05, 0) is 12.8 Å². The summed E-state index contributed by atoms with van der Waals surface area (Å²) in [6.07, 6.45) is 6.47. The van der Waals surface area contributed by atoms with Crippen molar-refractivity contribution in [1.82, 2.24) is 0 Å². The molecule has 3 heteroatoms. The van der Waals surface area contributed by atoms with Crippen molar-refractivity contribution in [3.8, 4) is 0 Å². The summed E-state index contributed by atoms with van der Waals surface area (Å²) in [5.41, 5.74) is 0. The van der Waals surface area contributed by atoms with Crippen LogP contribution in [-0.4, -0.2) is 18.9 Å². The Morgan fingerprint density at radius 3 is 3.00 bits per heavy atom. The summed E-state index contributed by atoms with van der Waals surface area (Å²) in [7, 11) is -3.73. The molecule has 0 saturated carbocycles. The van der Waals surface area contributed by atoms with Crippen LogP contribution in [0, 0.1) is 0 Å². The Bertz CT molecular complexity index is 398. The number of allylic oxidation sites excluding steroid dienone is 1. The lowest BCUT2D eigenvalue weighted by Crippen LogP contribution is -2.20. The molecule has 0 aliphatic carbocycles. The van der Waals surface area contributed by atoms with E-state index in [2.05, 4.69) is 0 Å².